The summed E-state index contributed by atoms with van der Waals surface area (Å²) in [7, 11) is 0. The van der Waals surface area contributed by atoms with Gasteiger partial charge in [0.2, 0.25) is 0 Å². The second-order valence-electron chi connectivity index (χ2n) is 2.41. The van der Waals surface area contributed by atoms with Crippen LogP contribution in [0, 0.1) is 0 Å². The molecule has 1 unspecified atom stereocenters. The molecule has 0 aromatic rings. The highest BCUT2D eigenvalue weighted by atomic mass is 16.4. The van der Waals surface area contributed by atoms with Gasteiger partial charge in [-0.2, -0.15) is 0 Å². The van der Waals surface area contributed by atoms with Crippen molar-refractivity contribution in [2.45, 2.75) is 25.9 Å². The van der Waals surface area contributed by atoms with Crippen LogP contribution in [0.25, 0.3) is 0 Å². The van der Waals surface area contributed by atoms with Gasteiger partial charge in [-0.25, -0.2) is 4.79 Å². The molecule has 0 aliphatic carbocycles. The predicted octanol–water partition coefficient (Wildman–Crippen LogP) is 0.788. The van der Waals surface area contributed by atoms with E-state index in [9.17, 15) is 9.90 Å². The molecule has 0 bridgehead atoms. The van der Waals surface area contributed by atoms with E-state index in [0.717, 1.165) is 0 Å². The summed E-state index contributed by atoms with van der Waals surface area (Å²) in [5.41, 5.74) is -1.43. The third-order valence-electron chi connectivity index (χ3n) is 1.60. The normalized spacial score (nSPS) is 15.9. The average Bonchev–Trinajstić information content (AvgIpc) is 1.86. The van der Waals surface area contributed by atoms with Gasteiger partial charge in [0.15, 0.2) is 0 Å². The molecule has 0 fully saturated rings. The van der Waals surface area contributed by atoms with E-state index in [0.29, 0.717) is 6.42 Å². The number of carboxylic acids is 1. The maximum atomic E-state index is 10.2. The van der Waals surface area contributed by atoms with Crippen molar-refractivity contribution in [3.05, 3.63) is 12.2 Å². The standard InChI is InChI=1S/C7H12O3/c1-4-7(3,10)5(2)6(8)9/h10H,2,4H2,1,3H3,(H,8,9). The van der Waals surface area contributed by atoms with Crippen LogP contribution in [0.3, 0.4) is 0 Å². The van der Waals surface area contributed by atoms with Crippen LogP contribution in [0.15, 0.2) is 12.2 Å². The Hall–Kier alpha value is -0.830. The molecule has 0 aromatic carbocycles. The smallest absolute Gasteiger partial charge is 0.333 e. The lowest BCUT2D eigenvalue weighted by Gasteiger charge is -2.20. The topological polar surface area (TPSA) is 57.5 Å². The average molecular weight is 144 g/mol. The highest BCUT2D eigenvalue weighted by molar-refractivity contribution is 5.87. The molecule has 0 heterocycles. The van der Waals surface area contributed by atoms with Crippen molar-refractivity contribution in [3.8, 4) is 0 Å². The Kier molecular flexibility index (Phi) is 2.60. The molecular formula is C7H12O3. The zero-order chi connectivity index (χ0) is 8.36. The molecule has 1 atom stereocenters. The summed E-state index contributed by atoms with van der Waals surface area (Å²) < 4.78 is 0. The van der Waals surface area contributed by atoms with E-state index in [-0.39, 0.29) is 5.57 Å². The molecule has 0 aromatic heterocycles. The fourth-order valence-electron chi connectivity index (χ4n) is 0.444. The number of aliphatic carboxylic acids is 1. The molecule has 0 amide bonds. The van der Waals surface area contributed by atoms with Crippen LogP contribution >= 0.6 is 0 Å². The van der Waals surface area contributed by atoms with Crippen LogP contribution in [0.5, 0.6) is 0 Å². The summed E-state index contributed by atoms with van der Waals surface area (Å²) in [6, 6.07) is 0. The zero-order valence-electron chi connectivity index (χ0n) is 6.22. The van der Waals surface area contributed by atoms with Crippen molar-refractivity contribution >= 4 is 5.97 Å². The first-order chi connectivity index (χ1) is 4.41. The molecular weight excluding hydrogens is 132 g/mol. The summed E-state index contributed by atoms with van der Waals surface area (Å²) >= 11 is 0. The SMILES string of the molecule is C=C(C(=O)O)C(C)(O)CC. The molecule has 0 aliphatic rings. The fraction of sp³-hybridized carbons (Fsp3) is 0.571. The fourth-order valence-corrected chi connectivity index (χ4v) is 0.444. The van der Waals surface area contributed by atoms with Gasteiger partial charge in [0, 0.05) is 0 Å². The minimum atomic E-state index is -1.27. The first-order valence-corrected chi connectivity index (χ1v) is 3.07. The number of aliphatic hydroxyl groups is 1. The predicted molar refractivity (Wildman–Crippen MR) is 37.7 cm³/mol. The maximum absolute atomic E-state index is 10.2. The quantitative estimate of drug-likeness (QED) is 0.576. The van der Waals surface area contributed by atoms with Crippen molar-refractivity contribution < 1.29 is 15.0 Å². The lowest BCUT2D eigenvalue weighted by atomic mass is 9.95. The zero-order valence-corrected chi connectivity index (χ0v) is 6.22. The summed E-state index contributed by atoms with van der Waals surface area (Å²) in [5.74, 6) is -1.15. The molecule has 0 saturated heterocycles. The number of hydrogen-bond acceptors (Lipinski definition) is 2. The van der Waals surface area contributed by atoms with Gasteiger partial charge in [0.1, 0.15) is 0 Å². The van der Waals surface area contributed by atoms with E-state index in [2.05, 4.69) is 6.58 Å². The van der Waals surface area contributed by atoms with E-state index in [4.69, 9.17) is 5.11 Å². The minimum absolute atomic E-state index is 0.157. The highest BCUT2D eigenvalue weighted by Crippen LogP contribution is 2.17. The Balaban J connectivity index is 4.33. The van der Waals surface area contributed by atoms with Crippen molar-refractivity contribution in [3.63, 3.8) is 0 Å². The van der Waals surface area contributed by atoms with Crippen LogP contribution in [0.2, 0.25) is 0 Å². The van der Waals surface area contributed by atoms with Crippen LogP contribution in [-0.2, 0) is 4.79 Å². The van der Waals surface area contributed by atoms with Gasteiger partial charge in [0.05, 0.1) is 11.2 Å². The minimum Gasteiger partial charge on any atom is -0.478 e. The second kappa shape index (κ2) is 2.84. The van der Waals surface area contributed by atoms with Crippen molar-refractivity contribution in [2.75, 3.05) is 0 Å². The number of carbonyl (C=O) groups is 1. The third-order valence-corrected chi connectivity index (χ3v) is 1.60. The van der Waals surface area contributed by atoms with Gasteiger partial charge in [-0.3, -0.25) is 0 Å². The van der Waals surface area contributed by atoms with Gasteiger partial charge in [-0.05, 0) is 13.3 Å². The molecule has 10 heavy (non-hydrogen) atoms. The van der Waals surface area contributed by atoms with Crippen molar-refractivity contribution in [2.24, 2.45) is 0 Å². The van der Waals surface area contributed by atoms with Gasteiger partial charge >= 0.3 is 5.97 Å². The third kappa shape index (κ3) is 1.84. The van der Waals surface area contributed by atoms with Gasteiger partial charge < -0.3 is 10.2 Å². The molecule has 2 N–H and O–H groups in total. The molecule has 0 radical (unpaired) electrons. The van der Waals surface area contributed by atoms with Crippen LogP contribution in [-0.4, -0.2) is 21.8 Å². The number of hydrogen-bond donors (Lipinski definition) is 2. The highest BCUT2D eigenvalue weighted by Gasteiger charge is 2.26. The molecule has 0 aliphatic heterocycles. The van der Waals surface area contributed by atoms with E-state index in [1.54, 1.807) is 6.92 Å². The number of carboxylic acid groups (broad SMARTS) is 1. The summed E-state index contributed by atoms with van der Waals surface area (Å²) in [6.45, 7) is 6.38. The lowest BCUT2D eigenvalue weighted by Crippen LogP contribution is -2.29. The lowest BCUT2D eigenvalue weighted by molar-refractivity contribution is -0.134. The van der Waals surface area contributed by atoms with Gasteiger partial charge in [0.25, 0.3) is 0 Å². The Morgan fingerprint density at radius 2 is 2.10 bits per heavy atom. The van der Waals surface area contributed by atoms with E-state index in [1.807, 2.05) is 0 Å². The maximum Gasteiger partial charge on any atom is 0.333 e. The molecule has 0 rings (SSSR count). The van der Waals surface area contributed by atoms with Crippen LogP contribution < -0.4 is 0 Å². The monoisotopic (exact) mass is 144 g/mol. The van der Waals surface area contributed by atoms with Crippen molar-refractivity contribution in [1.82, 2.24) is 0 Å². The van der Waals surface area contributed by atoms with Gasteiger partial charge in [-0.1, -0.05) is 13.5 Å². The summed E-state index contributed by atoms with van der Waals surface area (Å²) in [5, 5.41) is 17.7. The van der Waals surface area contributed by atoms with E-state index < -0.39 is 11.6 Å². The Morgan fingerprint density at radius 1 is 1.70 bits per heavy atom. The first kappa shape index (κ1) is 9.17. The number of rotatable bonds is 3. The van der Waals surface area contributed by atoms with Gasteiger partial charge in [-0.15, -0.1) is 0 Å². The Morgan fingerprint density at radius 3 is 2.20 bits per heavy atom. The van der Waals surface area contributed by atoms with E-state index >= 15 is 0 Å². The van der Waals surface area contributed by atoms with E-state index in [1.165, 1.54) is 6.92 Å². The Bertz CT molecular complexity index is 158. The molecule has 0 spiro atoms. The van der Waals surface area contributed by atoms with Crippen LogP contribution in [0.1, 0.15) is 20.3 Å². The molecule has 3 nitrogen and oxygen atoms in total. The van der Waals surface area contributed by atoms with Crippen LogP contribution in [0.4, 0.5) is 0 Å². The molecule has 58 valence electrons. The first-order valence-electron chi connectivity index (χ1n) is 3.07. The summed E-state index contributed by atoms with van der Waals surface area (Å²) in [6.07, 6.45) is 0.359. The molecule has 0 saturated carbocycles. The molecule has 3 heteroatoms. The second-order valence-corrected chi connectivity index (χ2v) is 2.41. The summed E-state index contributed by atoms with van der Waals surface area (Å²) in [4.78, 5) is 10.2. The largest absolute Gasteiger partial charge is 0.478 e. The Labute approximate surface area is 60.0 Å². The van der Waals surface area contributed by atoms with Crippen molar-refractivity contribution in [1.29, 1.82) is 0 Å².